The van der Waals surface area contributed by atoms with Gasteiger partial charge in [0.15, 0.2) is 0 Å². The molecule has 51 heavy (non-hydrogen) atoms. The Hall–Kier alpha value is -6.91. The van der Waals surface area contributed by atoms with Gasteiger partial charge in [-0.25, -0.2) is 4.98 Å². The Kier molecular flexibility index (Phi) is 5.92. The van der Waals surface area contributed by atoms with Crippen LogP contribution in [0, 0.1) is 0 Å². The first-order valence-corrected chi connectivity index (χ1v) is 17.4. The third-order valence-electron chi connectivity index (χ3n) is 10.4. The van der Waals surface area contributed by atoms with Crippen molar-refractivity contribution in [3.63, 3.8) is 0 Å². The lowest BCUT2D eigenvalue weighted by Crippen LogP contribution is -1.98. The summed E-state index contributed by atoms with van der Waals surface area (Å²) in [5, 5.41) is 7.33. The van der Waals surface area contributed by atoms with Gasteiger partial charge in [-0.1, -0.05) is 115 Å². The van der Waals surface area contributed by atoms with Crippen LogP contribution in [0.15, 0.2) is 182 Å². The topological polar surface area (TPSA) is 27.7 Å². The molecular formula is C47H30N4. The van der Waals surface area contributed by atoms with Crippen LogP contribution in [0.4, 0.5) is 0 Å². The van der Waals surface area contributed by atoms with Gasteiger partial charge >= 0.3 is 0 Å². The second kappa shape index (κ2) is 10.8. The SMILES string of the molecule is c1ccc(-c2cccc(-n3c4ccccc4c4cc5c(cc43)c3ccc4c(c6ccccc6n4-c4ccccc4)c3n5-c3ccccc3)n2)cc1. The molecule has 0 atom stereocenters. The lowest BCUT2D eigenvalue weighted by atomic mass is 10.1. The molecule has 11 rings (SSSR count). The molecule has 4 heteroatoms. The van der Waals surface area contributed by atoms with Crippen molar-refractivity contribution < 1.29 is 0 Å². The first kappa shape index (κ1) is 28.0. The van der Waals surface area contributed by atoms with Crippen molar-refractivity contribution in [3.8, 4) is 28.5 Å². The summed E-state index contributed by atoms with van der Waals surface area (Å²) < 4.78 is 7.22. The Balaban J connectivity index is 1.30. The standard InChI is InChI=1S/C47H30N4/c1-4-15-31(16-5-1)39-23-14-26-45(48-39)51-40-24-12-10-21-34(40)37-29-43-38(30-44(37)51)35-27-28-42-46(47(35)50(43)33-19-8-3-9-20-33)36-22-11-13-25-41(36)49(42)32-17-6-2-7-18-32/h1-30H. The number of para-hydroxylation sites is 4. The Morgan fingerprint density at radius 3 is 1.63 bits per heavy atom. The highest BCUT2D eigenvalue weighted by molar-refractivity contribution is 6.28. The fraction of sp³-hybridized carbons (Fsp3) is 0. The van der Waals surface area contributed by atoms with E-state index >= 15 is 0 Å². The van der Waals surface area contributed by atoms with Crippen molar-refractivity contribution in [2.24, 2.45) is 0 Å². The van der Waals surface area contributed by atoms with E-state index in [4.69, 9.17) is 4.98 Å². The van der Waals surface area contributed by atoms with Gasteiger partial charge in [-0.15, -0.1) is 0 Å². The van der Waals surface area contributed by atoms with E-state index in [0.29, 0.717) is 0 Å². The molecule has 4 aromatic heterocycles. The number of hydrogen-bond acceptors (Lipinski definition) is 1. The van der Waals surface area contributed by atoms with Crippen LogP contribution in [0.2, 0.25) is 0 Å². The summed E-state index contributed by atoms with van der Waals surface area (Å²) >= 11 is 0. The van der Waals surface area contributed by atoms with Crippen LogP contribution in [-0.4, -0.2) is 18.7 Å². The Morgan fingerprint density at radius 2 is 0.902 bits per heavy atom. The Morgan fingerprint density at radius 1 is 0.333 bits per heavy atom. The van der Waals surface area contributed by atoms with Crippen molar-refractivity contribution in [2.75, 3.05) is 0 Å². The summed E-state index contributed by atoms with van der Waals surface area (Å²) in [5.74, 6) is 0.905. The van der Waals surface area contributed by atoms with E-state index in [9.17, 15) is 0 Å². The number of nitrogens with zero attached hydrogens (tertiary/aromatic N) is 4. The summed E-state index contributed by atoms with van der Waals surface area (Å²) in [6, 6.07) is 65.2. The van der Waals surface area contributed by atoms with Gasteiger partial charge in [0.1, 0.15) is 5.82 Å². The van der Waals surface area contributed by atoms with Gasteiger partial charge in [-0.3, -0.25) is 4.57 Å². The molecule has 0 unspecified atom stereocenters. The van der Waals surface area contributed by atoms with Crippen LogP contribution in [0.5, 0.6) is 0 Å². The van der Waals surface area contributed by atoms with Crippen LogP contribution < -0.4 is 0 Å². The highest BCUT2D eigenvalue weighted by Gasteiger charge is 2.23. The predicted molar refractivity (Wildman–Crippen MR) is 213 cm³/mol. The zero-order chi connectivity index (χ0) is 33.5. The van der Waals surface area contributed by atoms with Crippen LogP contribution in [0.25, 0.3) is 93.9 Å². The Bertz CT molecular complexity index is 3110. The average molecular weight is 651 g/mol. The molecule has 0 spiro atoms. The first-order chi connectivity index (χ1) is 25.3. The van der Waals surface area contributed by atoms with Crippen molar-refractivity contribution in [1.29, 1.82) is 0 Å². The van der Waals surface area contributed by atoms with Crippen LogP contribution in [0.1, 0.15) is 0 Å². The highest BCUT2D eigenvalue weighted by Crippen LogP contribution is 2.44. The molecule has 0 bridgehead atoms. The van der Waals surface area contributed by atoms with E-state index in [-0.39, 0.29) is 0 Å². The summed E-state index contributed by atoms with van der Waals surface area (Å²) in [7, 11) is 0. The fourth-order valence-electron chi connectivity index (χ4n) is 8.28. The maximum absolute atomic E-state index is 5.24. The van der Waals surface area contributed by atoms with E-state index in [1.54, 1.807) is 0 Å². The molecule has 0 aliphatic heterocycles. The first-order valence-electron chi connectivity index (χ1n) is 17.4. The number of hydrogen-bond donors (Lipinski definition) is 0. The normalized spacial score (nSPS) is 11.9. The van der Waals surface area contributed by atoms with E-state index in [0.717, 1.165) is 39.5 Å². The lowest BCUT2D eigenvalue weighted by Gasteiger charge is -2.10. The number of fused-ring (bicyclic) bond motifs is 10. The number of benzene rings is 7. The summed E-state index contributed by atoms with van der Waals surface area (Å²) in [6.45, 7) is 0. The van der Waals surface area contributed by atoms with E-state index in [1.165, 1.54) is 54.4 Å². The van der Waals surface area contributed by atoms with E-state index in [1.807, 2.05) is 6.07 Å². The van der Waals surface area contributed by atoms with Gasteiger partial charge in [0, 0.05) is 49.3 Å². The molecule has 4 nitrogen and oxygen atoms in total. The smallest absolute Gasteiger partial charge is 0.138 e. The molecule has 0 saturated carbocycles. The predicted octanol–water partition coefficient (Wildman–Crippen LogP) is 12.0. The van der Waals surface area contributed by atoms with Crippen molar-refractivity contribution in [3.05, 3.63) is 182 Å². The monoisotopic (exact) mass is 650 g/mol. The Labute approximate surface area is 293 Å². The largest absolute Gasteiger partial charge is 0.309 e. The van der Waals surface area contributed by atoms with E-state index < -0.39 is 0 Å². The molecule has 4 heterocycles. The third-order valence-corrected chi connectivity index (χ3v) is 10.4. The maximum atomic E-state index is 5.24. The molecule has 0 aliphatic carbocycles. The molecule has 0 aliphatic rings. The molecule has 0 N–H and O–H groups in total. The maximum Gasteiger partial charge on any atom is 0.138 e. The van der Waals surface area contributed by atoms with Gasteiger partial charge in [-0.2, -0.15) is 0 Å². The quantitative estimate of drug-likeness (QED) is 0.186. The number of rotatable bonds is 4. The second-order valence-corrected chi connectivity index (χ2v) is 13.2. The van der Waals surface area contributed by atoms with Gasteiger partial charge < -0.3 is 9.13 Å². The van der Waals surface area contributed by atoms with Crippen molar-refractivity contribution >= 4 is 65.4 Å². The van der Waals surface area contributed by atoms with Crippen LogP contribution in [0.3, 0.4) is 0 Å². The minimum Gasteiger partial charge on any atom is -0.309 e. The summed E-state index contributed by atoms with van der Waals surface area (Å²) in [5.41, 5.74) is 11.4. The number of pyridine rings is 1. The molecule has 11 aromatic rings. The summed E-state index contributed by atoms with van der Waals surface area (Å²) in [4.78, 5) is 5.24. The molecule has 0 fully saturated rings. The van der Waals surface area contributed by atoms with Gasteiger partial charge in [-0.05, 0) is 66.7 Å². The van der Waals surface area contributed by atoms with Gasteiger partial charge in [0.25, 0.3) is 0 Å². The molecule has 0 amide bonds. The average Bonchev–Trinajstić information content (AvgIpc) is 3.83. The summed E-state index contributed by atoms with van der Waals surface area (Å²) in [6.07, 6.45) is 0. The molecule has 238 valence electrons. The molecule has 7 aromatic carbocycles. The molecule has 0 saturated heterocycles. The minimum atomic E-state index is 0.905. The number of aromatic nitrogens is 4. The van der Waals surface area contributed by atoms with Crippen LogP contribution in [-0.2, 0) is 0 Å². The van der Waals surface area contributed by atoms with Crippen molar-refractivity contribution in [1.82, 2.24) is 18.7 Å². The fourth-order valence-corrected chi connectivity index (χ4v) is 8.28. The molecular weight excluding hydrogens is 621 g/mol. The lowest BCUT2D eigenvalue weighted by molar-refractivity contribution is 1.08. The second-order valence-electron chi connectivity index (χ2n) is 13.2. The zero-order valence-electron chi connectivity index (χ0n) is 27.6. The zero-order valence-corrected chi connectivity index (χ0v) is 27.6. The van der Waals surface area contributed by atoms with Crippen molar-refractivity contribution in [2.45, 2.75) is 0 Å². The highest BCUT2D eigenvalue weighted by atomic mass is 15.1. The van der Waals surface area contributed by atoms with Gasteiger partial charge in [0.2, 0.25) is 0 Å². The third kappa shape index (κ3) is 4.05. The molecule has 0 radical (unpaired) electrons. The minimum absolute atomic E-state index is 0.905. The van der Waals surface area contributed by atoms with Gasteiger partial charge in [0.05, 0.1) is 38.8 Å². The van der Waals surface area contributed by atoms with Crippen LogP contribution >= 0.6 is 0 Å². The van der Waals surface area contributed by atoms with E-state index in [2.05, 4.69) is 190 Å².